The minimum absolute atomic E-state index is 0.123. The number of piperidine rings is 1. The van der Waals surface area contributed by atoms with Crippen molar-refractivity contribution in [2.24, 2.45) is 5.92 Å². The van der Waals surface area contributed by atoms with Crippen molar-refractivity contribution in [3.05, 3.63) is 35.4 Å². The molecule has 4 heteroatoms. The SMILES string of the molecule is CC(C)Cc1ccc(CN2CCC[C@H](NC(=O)C(C)(C)O)C2)cc1. The van der Waals surface area contributed by atoms with Gasteiger partial charge in [0, 0.05) is 19.1 Å². The van der Waals surface area contributed by atoms with Crippen LogP contribution >= 0.6 is 0 Å². The van der Waals surface area contributed by atoms with E-state index in [9.17, 15) is 9.90 Å². The molecule has 0 aliphatic carbocycles. The molecule has 0 unspecified atom stereocenters. The summed E-state index contributed by atoms with van der Waals surface area (Å²) in [5.74, 6) is 0.394. The van der Waals surface area contributed by atoms with Crippen LogP contribution in [0.3, 0.4) is 0 Å². The number of hydrogen-bond acceptors (Lipinski definition) is 3. The Morgan fingerprint density at radius 3 is 2.50 bits per heavy atom. The summed E-state index contributed by atoms with van der Waals surface area (Å²) >= 11 is 0. The Morgan fingerprint density at radius 1 is 1.29 bits per heavy atom. The van der Waals surface area contributed by atoms with E-state index in [1.165, 1.54) is 25.0 Å². The Kier molecular flexibility index (Phi) is 6.41. The number of benzene rings is 1. The van der Waals surface area contributed by atoms with Gasteiger partial charge in [0.15, 0.2) is 0 Å². The number of hydrogen-bond donors (Lipinski definition) is 2. The maximum atomic E-state index is 11.9. The minimum atomic E-state index is -1.31. The van der Waals surface area contributed by atoms with E-state index in [0.29, 0.717) is 5.92 Å². The van der Waals surface area contributed by atoms with Crippen LogP contribution in [0.4, 0.5) is 0 Å². The zero-order valence-electron chi connectivity index (χ0n) is 15.5. The maximum absolute atomic E-state index is 11.9. The summed E-state index contributed by atoms with van der Waals surface area (Å²) in [6.07, 6.45) is 3.17. The molecule has 2 N–H and O–H groups in total. The van der Waals surface area contributed by atoms with Gasteiger partial charge in [-0.1, -0.05) is 38.1 Å². The number of carbonyl (C=O) groups is 1. The van der Waals surface area contributed by atoms with E-state index < -0.39 is 5.60 Å². The number of carbonyl (C=O) groups excluding carboxylic acids is 1. The van der Waals surface area contributed by atoms with Gasteiger partial charge in [-0.05, 0) is 56.7 Å². The Hall–Kier alpha value is -1.39. The van der Waals surface area contributed by atoms with Crippen LogP contribution in [0, 0.1) is 5.92 Å². The lowest BCUT2D eigenvalue weighted by Gasteiger charge is -2.34. The molecule has 0 radical (unpaired) electrons. The van der Waals surface area contributed by atoms with Gasteiger partial charge in [-0.15, -0.1) is 0 Å². The van der Waals surface area contributed by atoms with Crippen LogP contribution < -0.4 is 5.32 Å². The van der Waals surface area contributed by atoms with Gasteiger partial charge in [0.25, 0.3) is 5.91 Å². The Balaban J connectivity index is 1.87. The third kappa shape index (κ3) is 5.91. The molecular weight excluding hydrogens is 300 g/mol. The van der Waals surface area contributed by atoms with Gasteiger partial charge >= 0.3 is 0 Å². The molecule has 1 fully saturated rings. The topological polar surface area (TPSA) is 52.6 Å². The van der Waals surface area contributed by atoms with Crippen LogP contribution in [-0.2, 0) is 17.8 Å². The molecule has 4 nitrogen and oxygen atoms in total. The quantitative estimate of drug-likeness (QED) is 0.842. The van der Waals surface area contributed by atoms with Crippen molar-refractivity contribution in [1.29, 1.82) is 0 Å². The van der Waals surface area contributed by atoms with Crippen molar-refractivity contribution >= 4 is 5.91 Å². The van der Waals surface area contributed by atoms with Crippen LogP contribution in [-0.4, -0.2) is 40.6 Å². The molecule has 0 saturated carbocycles. The van der Waals surface area contributed by atoms with Crippen LogP contribution in [0.1, 0.15) is 51.7 Å². The number of amides is 1. The molecular formula is C20H32N2O2. The van der Waals surface area contributed by atoms with Crippen molar-refractivity contribution < 1.29 is 9.90 Å². The first-order valence-electron chi connectivity index (χ1n) is 9.07. The molecule has 0 aromatic heterocycles. The Bertz CT molecular complexity index is 532. The van der Waals surface area contributed by atoms with Crippen molar-refractivity contribution in [3.8, 4) is 0 Å². The largest absolute Gasteiger partial charge is 0.381 e. The molecule has 1 atom stereocenters. The first-order valence-corrected chi connectivity index (χ1v) is 9.07. The van der Waals surface area contributed by atoms with E-state index in [4.69, 9.17) is 0 Å². The number of likely N-dealkylation sites (tertiary alicyclic amines) is 1. The fraction of sp³-hybridized carbons (Fsp3) is 0.650. The first-order chi connectivity index (χ1) is 11.2. The van der Waals surface area contributed by atoms with Crippen LogP contribution in [0.15, 0.2) is 24.3 Å². The van der Waals surface area contributed by atoms with Crippen molar-refractivity contribution in [1.82, 2.24) is 10.2 Å². The van der Waals surface area contributed by atoms with Crippen molar-refractivity contribution in [2.45, 2.75) is 65.1 Å². The molecule has 1 saturated heterocycles. The van der Waals surface area contributed by atoms with Crippen LogP contribution in [0.5, 0.6) is 0 Å². The van der Waals surface area contributed by atoms with Gasteiger partial charge in [0.05, 0.1) is 0 Å². The van der Waals surface area contributed by atoms with E-state index in [1.807, 2.05) is 0 Å². The highest BCUT2D eigenvalue weighted by Crippen LogP contribution is 2.16. The smallest absolute Gasteiger partial charge is 0.251 e. The number of nitrogens with one attached hydrogen (secondary N) is 1. The molecule has 24 heavy (non-hydrogen) atoms. The average molecular weight is 332 g/mol. The zero-order valence-corrected chi connectivity index (χ0v) is 15.5. The Morgan fingerprint density at radius 2 is 1.92 bits per heavy atom. The molecule has 1 aromatic rings. The monoisotopic (exact) mass is 332 g/mol. The van der Waals surface area contributed by atoms with Crippen LogP contribution in [0.25, 0.3) is 0 Å². The predicted molar refractivity (Wildman–Crippen MR) is 97.7 cm³/mol. The fourth-order valence-corrected chi connectivity index (χ4v) is 3.19. The maximum Gasteiger partial charge on any atom is 0.251 e. The third-order valence-electron chi connectivity index (χ3n) is 4.47. The lowest BCUT2D eigenvalue weighted by molar-refractivity contribution is -0.137. The van der Waals surface area contributed by atoms with Gasteiger partial charge in [-0.2, -0.15) is 0 Å². The predicted octanol–water partition coefficient (Wildman–Crippen LogP) is 2.74. The third-order valence-corrected chi connectivity index (χ3v) is 4.47. The van der Waals surface area contributed by atoms with Gasteiger partial charge < -0.3 is 10.4 Å². The zero-order chi connectivity index (χ0) is 17.7. The number of rotatable bonds is 6. The number of aliphatic hydroxyl groups is 1. The summed E-state index contributed by atoms with van der Waals surface area (Å²) in [5.41, 5.74) is 1.40. The second kappa shape index (κ2) is 8.13. The van der Waals surface area contributed by atoms with Gasteiger partial charge in [-0.3, -0.25) is 9.69 Å². The van der Waals surface area contributed by atoms with E-state index >= 15 is 0 Å². The second-order valence-electron chi connectivity index (χ2n) is 8.02. The van der Waals surface area contributed by atoms with E-state index in [0.717, 1.165) is 38.9 Å². The molecule has 1 aliphatic heterocycles. The van der Waals surface area contributed by atoms with E-state index in [1.54, 1.807) is 0 Å². The second-order valence-corrected chi connectivity index (χ2v) is 8.02. The molecule has 1 aliphatic rings. The Labute approximate surface area is 146 Å². The highest BCUT2D eigenvalue weighted by Gasteiger charge is 2.28. The lowest BCUT2D eigenvalue weighted by atomic mass is 10.0. The molecule has 0 spiro atoms. The summed E-state index contributed by atoms with van der Waals surface area (Å²) < 4.78 is 0. The molecule has 1 aromatic carbocycles. The molecule has 2 rings (SSSR count). The van der Waals surface area contributed by atoms with Gasteiger partial charge in [0.1, 0.15) is 5.60 Å². The standard InChI is InChI=1S/C20H32N2O2/c1-15(2)12-16-7-9-17(10-8-16)13-22-11-5-6-18(14-22)21-19(23)20(3,4)24/h7-10,15,18,24H,5-6,11-14H2,1-4H3,(H,21,23)/t18-/m0/s1. The summed E-state index contributed by atoms with van der Waals surface area (Å²) in [5, 5.41) is 12.8. The van der Waals surface area contributed by atoms with Crippen molar-refractivity contribution in [3.63, 3.8) is 0 Å². The van der Waals surface area contributed by atoms with Gasteiger partial charge in [-0.25, -0.2) is 0 Å². The summed E-state index contributed by atoms with van der Waals surface area (Å²) in [4.78, 5) is 14.3. The number of nitrogens with zero attached hydrogens (tertiary/aromatic N) is 1. The molecule has 134 valence electrons. The highest BCUT2D eigenvalue weighted by molar-refractivity contribution is 5.84. The van der Waals surface area contributed by atoms with Gasteiger partial charge in [0.2, 0.25) is 0 Å². The summed E-state index contributed by atoms with van der Waals surface area (Å²) in [6, 6.07) is 9.02. The van der Waals surface area contributed by atoms with E-state index in [-0.39, 0.29) is 11.9 Å². The van der Waals surface area contributed by atoms with Crippen molar-refractivity contribution in [2.75, 3.05) is 13.1 Å². The molecule has 1 amide bonds. The highest BCUT2D eigenvalue weighted by atomic mass is 16.3. The first kappa shape index (κ1) is 18.9. The average Bonchev–Trinajstić information content (AvgIpc) is 2.48. The van der Waals surface area contributed by atoms with Crippen LogP contribution in [0.2, 0.25) is 0 Å². The normalized spacial score (nSPS) is 19.5. The summed E-state index contributed by atoms with van der Waals surface area (Å²) in [7, 11) is 0. The summed E-state index contributed by atoms with van der Waals surface area (Å²) in [6.45, 7) is 10.4. The minimum Gasteiger partial charge on any atom is -0.381 e. The fourth-order valence-electron chi connectivity index (χ4n) is 3.19. The van der Waals surface area contributed by atoms with E-state index in [2.05, 4.69) is 48.3 Å². The lowest BCUT2D eigenvalue weighted by Crippen LogP contribution is -2.52. The molecule has 0 bridgehead atoms. The molecule has 1 heterocycles.